The number of rotatable bonds is 15. The van der Waals surface area contributed by atoms with E-state index in [-0.39, 0.29) is 6.54 Å². The minimum atomic E-state index is -1.56. The number of nitrogens with one attached hydrogen (secondary N) is 2. The van der Waals surface area contributed by atoms with Gasteiger partial charge in [0.15, 0.2) is 11.4 Å². The van der Waals surface area contributed by atoms with Gasteiger partial charge in [0.2, 0.25) is 11.6 Å². The van der Waals surface area contributed by atoms with E-state index in [0.717, 1.165) is 12.0 Å². The van der Waals surface area contributed by atoms with Gasteiger partial charge in [-0.3, -0.25) is 24.6 Å². The molecular weight excluding hydrogens is 414 g/mol. The van der Waals surface area contributed by atoms with E-state index in [1.54, 1.807) is 36.8 Å². The molecule has 0 atom stereocenters. The maximum absolute atomic E-state index is 12.0. The number of hydrogen-bond donors (Lipinski definition) is 2. The molecule has 0 bridgehead atoms. The van der Waals surface area contributed by atoms with E-state index in [0.29, 0.717) is 36.2 Å². The van der Waals surface area contributed by atoms with Crippen molar-refractivity contribution in [3.05, 3.63) is 50.7 Å². The van der Waals surface area contributed by atoms with Crippen LogP contribution >= 0.6 is 11.8 Å². The summed E-state index contributed by atoms with van der Waals surface area (Å²) in [6, 6.07) is 3.63. The number of thioether (sulfide) groups is 1. The molecule has 0 amide bonds. The summed E-state index contributed by atoms with van der Waals surface area (Å²) in [4.78, 5) is 46.2. The lowest BCUT2D eigenvalue weighted by Crippen LogP contribution is -2.40. The number of carbonyl (C=O) groups is 2. The fourth-order valence-corrected chi connectivity index (χ4v) is 3.09. The Morgan fingerprint density at radius 2 is 2.03 bits per heavy atom. The van der Waals surface area contributed by atoms with E-state index >= 15 is 0 Å². The SMILES string of the molecule is CN/C(=C\[N+](=O)[O-])NCCSCc1ccc(CN(C)CC(=O)C(=O)C(C)(C)N=O)o1. The van der Waals surface area contributed by atoms with Gasteiger partial charge in [-0.15, -0.1) is 4.91 Å². The Morgan fingerprint density at radius 1 is 1.37 bits per heavy atom. The molecular formula is C18H27N5O6S. The third-order valence-corrected chi connectivity index (χ3v) is 4.89. The average Bonchev–Trinajstić information content (AvgIpc) is 3.12. The van der Waals surface area contributed by atoms with E-state index in [9.17, 15) is 24.6 Å². The van der Waals surface area contributed by atoms with Crippen LogP contribution in [-0.4, -0.2) is 59.9 Å². The fraction of sp³-hybridized carbons (Fsp3) is 0.556. The third-order valence-electron chi connectivity index (χ3n) is 3.90. The van der Waals surface area contributed by atoms with E-state index in [1.807, 2.05) is 6.07 Å². The zero-order valence-electron chi connectivity index (χ0n) is 17.5. The van der Waals surface area contributed by atoms with Crippen molar-refractivity contribution in [3.8, 4) is 0 Å². The number of nitroso groups, excluding NO2 is 1. The molecule has 0 aromatic carbocycles. The number of likely N-dealkylation sites (N-methyl/N-ethyl adjacent to an activating group) is 1. The molecule has 12 heteroatoms. The zero-order valence-corrected chi connectivity index (χ0v) is 18.3. The maximum atomic E-state index is 12.0. The first-order valence-corrected chi connectivity index (χ1v) is 10.3. The Labute approximate surface area is 178 Å². The second kappa shape index (κ2) is 12.1. The summed E-state index contributed by atoms with van der Waals surface area (Å²) < 4.78 is 5.73. The molecule has 11 nitrogen and oxygen atoms in total. The van der Waals surface area contributed by atoms with Gasteiger partial charge in [-0.2, -0.15) is 11.8 Å². The van der Waals surface area contributed by atoms with E-state index in [4.69, 9.17) is 4.42 Å². The molecule has 0 aliphatic heterocycles. The lowest BCUT2D eigenvalue weighted by atomic mass is 9.97. The largest absolute Gasteiger partial charge is 0.464 e. The molecule has 1 rings (SSSR count). The van der Waals surface area contributed by atoms with Crippen LogP contribution in [0.4, 0.5) is 0 Å². The Bertz CT molecular complexity index is 792. The van der Waals surface area contributed by atoms with Crippen molar-refractivity contribution in [3.63, 3.8) is 0 Å². The van der Waals surface area contributed by atoms with Crippen molar-refractivity contribution in [2.75, 3.05) is 32.9 Å². The Balaban J connectivity index is 2.39. The molecule has 30 heavy (non-hydrogen) atoms. The quantitative estimate of drug-likeness (QED) is 0.135. The Kier molecular flexibility index (Phi) is 10.2. The minimum absolute atomic E-state index is 0.139. The Hall–Kier alpha value is -2.73. The van der Waals surface area contributed by atoms with E-state index < -0.39 is 22.0 Å². The maximum Gasteiger partial charge on any atom is 0.274 e. The van der Waals surface area contributed by atoms with E-state index in [2.05, 4.69) is 15.8 Å². The normalized spacial score (nSPS) is 12.0. The topological polar surface area (TPSA) is 147 Å². The van der Waals surface area contributed by atoms with E-state index in [1.165, 1.54) is 13.8 Å². The van der Waals surface area contributed by atoms with Gasteiger partial charge >= 0.3 is 0 Å². The summed E-state index contributed by atoms with van der Waals surface area (Å²) in [6.45, 7) is 3.36. The molecule has 0 spiro atoms. The van der Waals surface area contributed by atoms with Crippen molar-refractivity contribution in [2.45, 2.75) is 31.7 Å². The number of ketones is 2. The van der Waals surface area contributed by atoms with Crippen molar-refractivity contribution in [1.29, 1.82) is 0 Å². The highest BCUT2D eigenvalue weighted by atomic mass is 32.2. The number of carbonyl (C=O) groups excluding carboxylic acids is 2. The molecule has 166 valence electrons. The summed E-state index contributed by atoms with van der Waals surface area (Å²) >= 11 is 1.60. The predicted molar refractivity (Wildman–Crippen MR) is 113 cm³/mol. The van der Waals surface area contributed by atoms with Gasteiger partial charge in [-0.05, 0) is 33.0 Å². The van der Waals surface area contributed by atoms with Crippen molar-refractivity contribution in [2.24, 2.45) is 5.18 Å². The summed E-state index contributed by atoms with van der Waals surface area (Å²) in [5.41, 5.74) is -1.56. The predicted octanol–water partition coefficient (Wildman–Crippen LogP) is 1.51. The molecule has 2 N–H and O–H groups in total. The van der Waals surface area contributed by atoms with Crippen LogP contribution in [0.3, 0.4) is 0 Å². The molecule has 1 heterocycles. The van der Waals surface area contributed by atoms with Crippen LogP contribution in [0.2, 0.25) is 0 Å². The third kappa shape index (κ3) is 8.74. The molecule has 0 saturated carbocycles. The van der Waals surface area contributed by atoms with Crippen LogP contribution in [0.15, 0.2) is 33.7 Å². The first-order valence-electron chi connectivity index (χ1n) is 9.12. The van der Waals surface area contributed by atoms with Crippen molar-refractivity contribution < 1.29 is 18.9 Å². The molecule has 0 unspecified atom stereocenters. The van der Waals surface area contributed by atoms with Gasteiger partial charge in [-0.1, -0.05) is 5.18 Å². The first kappa shape index (κ1) is 25.3. The number of furan rings is 1. The summed E-state index contributed by atoms with van der Waals surface area (Å²) in [5.74, 6) is 1.58. The first-order chi connectivity index (χ1) is 14.1. The molecule has 0 aliphatic carbocycles. The fourth-order valence-electron chi connectivity index (χ4n) is 2.34. The second-order valence-electron chi connectivity index (χ2n) is 7.00. The van der Waals surface area contributed by atoms with Gasteiger partial charge in [0, 0.05) is 19.3 Å². The average molecular weight is 442 g/mol. The molecule has 0 aliphatic rings. The molecule has 1 aromatic rings. The van der Waals surface area contributed by atoms with Crippen LogP contribution in [0, 0.1) is 15.0 Å². The number of Topliss-reactive ketones (excluding diaryl/α,β-unsaturated/α-hetero) is 2. The molecule has 0 saturated heterocycles. The summed E-state index contributed by atoms with van der Waals surface area (Å²) in [6.07, 6.45) is 0.870. The van der Waals surface area contributed by atoms with Crippen LogP contribution in [0.5, 0.6) is 0 Å². The lowest BCUT2D eigenvalue weighted by molar-refractivity contribution is -0.404. The molecule has 0 radical (unpaired) electrons. The van der Waals surface area contributed by atoms with Crippen LogP contribution in [-0.2, 0) is 21.9 Å². The highest BCUT2D eigenvalue weighted by Gasteiger charge is 2.34. The standard InChI is InChI=1S/C18H27N5O6S/c1-18(2,21-26)17(25)15(24)10-22(4)9-13-5-6-14(29-13)12-30-8-7-20-16(19-3)11-23(27)28/h5-6,11,19-20H,7-10,12H2,1-4H3/b16-11+. The van der Waals surface area contributed by atoms with Crippen LogP contribution in [0.1, 0.15) is 25.4 Å². The van der Waals surface area contributed by atoms with Gasteiger partial charge in [-0.25, -0.2) is 0 Å². The highest BCUT2D eigenvalue weighted by molar-refractivity contribution is 7.98. The molecule has 0 fully saturated rings. The lowest BCUT2D eigenvalue weighted by Gasteiger charge is -2.17. The van der Waals surface area contributed by atoms with Gasteiger partial charge in [0.25, 0.3) is 6.20 Å². The second-order valence-corrected chi connectivity index (χ2v) is 8.11. The highest BCUT2D eigenvalue weighted by Crippen LogP contribution is 2.17. The van der Waals surface area contributed by atoms with Crippen molar-refractivity contribution >= 4 is 23.3 Å². The zero-order chi connectivity index (χ0) is 22.7. The smallest absolute Gasteiger partial charge is 0.274 e. The van der Waals surface area contributed by atoms with Crippen LogP contribution < -0.4 is 10.6 Å². The number of nitro groups is 1. The van der Waals surface area contributed by atoms with Gasteiger partial charge < -0.3 is 15.1 Å². The molecule has 1 aromatic heterocycles. The number of hydrogen-bond acceptors (Lipinski definition) is 11. The monoisotopic (exact) mass is 441 g/mol. The van der Waals surface area contributed by atoms with Crippen molar-refractivity contribution in [1.82, 2.24) is 15.5 Å². The summed E-state index contributed by atoms with van der Waals surface area (Å²) in [7, 11) is 3.27. The minimum Gasteiger partial charge on any atom is -0.464 e. The number of nitrogens with zero attached hydrogens (tertiary/aromatic N) is 3. The van der Waals surface area contributed by atoms with Crippen LogP contribution in [0.25, 0.3) is 0 Å². The van der Waals surface area contributed by atoms with Gasteiger partial charge in [0.1, 0.15) is 11.5 Å². The Morgan fingerprint density at radius 3 is 2.63 bits per heavy atom. The van der Waals surface area contributed by atoms with Gasteiger partial charge in [0.05, 0.1) is 23.8 Å². The summed E-state index contributed by atoms with van der Waals surface area (Å²) in [5, 5.41) is 18.8.